The van der Waals surface area contributed by atoms with Gasteiger partial charge >= 0.3 is 6.09 Å². The first kappa shape index (κ1) is 14.8. The van der Waals surface area contributed by atoms with E-state index in [1.165, 1.54) is 11.1 Å². The van der Waals surface area contributed by atoms with Gasteiger partial charge in [0.05, 0.1) is 12.6 Å². The van der Waals surface area contributed by atoms with E-state index in [9.17, 15) is 4.79 Å². The highest BCUT2D eigenvalue weighted by molar-refractivity contribution is 5.66. The third kappa shape index (κ3) is 3.71. The Kier molecular flexibility index (Phi) is 5.38. The van der Waals surface area contributed by atoms with Gasteiger partial charge < -0.3 is 15.3 Å². The van der Waals surface area contributed by atoms with Crippen molar-refractivity contribution in [2.45, 2.75) is 32.2 Å². The summed E-state index contributed by atoms with van der Waals surface area (Å²) in [6.45, 7) is 2.94. The molecule has 0 aromatic heterocycles. The van der Waals surface area contributed by atoms with Gasteiger partial charge in [0.1, 0.15) is 0 Å². The minimum atomic E-state index is -0.500. The number of aryl methyl sites for hydroxylation is 1. The molecule has 0 aliphatic carbocycles. The average molecular weight is 278 g/mol. The first-order valence-electron chi connectivity index (χ1n) is 7.11. The molecule has 2 rings (SSSR count). The van der Waals surface area contributed by atoms with Gasteiger partial charge in [-0.2, -0.15) is 0 Å². The lowest BCUT2D eigenvalue weighted by Gasteiger charge is -2.34. The molecule has 5 heteroatoms. The van der Waals surface area contributed by atoms with Gasteiger partial charge in [-0.15, -0.1) is 5.06 Å². The van der Waals surface area contributed by atoms with Crippen LogP contribution in [0.4, 0.5) is 4.79 Å². The molecule has 0 saturated carbocycles. The van der Waals surface area contributed by atoms with Gasteiger partial charge in [0, 0.05) is 13.1 Å². The van der Waals surface area contributed by atoms with Crippen LogP contribution in [0.1, 0.15) is 36.4 Å². The normalized spacial score (nSPS) is 19.6. The SMILES string of the molecule is Cc1ccccc1C1CCCCN1OC(=O)NCCO. The number of rotatable bonds is 4. The Morgan fingerprint density at radius 3 is 3.00 bits per heavy atom. The van der Waals surface area contributed by atoms with Crippen molar-refractivity contribution in [3.05, 3.63) is 35.4 Å². The fraction of sp³-hybridized carbons (Fsp3) is 0.533. The summed E-state index contributed by atoms with van der Waals surface area (Å²) >= 11 is 0. The summed E-state index contributed by atoms with van der Waals surface area (Å²) in [6.07, 6.45) is 2.64. The van der Waals surface area contributed by atoms with Gasteiger partial charge in [-0.1, -0.05) is 30.7 Å². The second-order valence-corrected chi connectivity index (χ2v) is 5.04. The van der Waals surface area contributed by atoms with Crippen molar-refractivity contribution in [1.29, 1.82) is 0 Å². The fourth-order valence-corrected chi connectivity index (χ4v) is 2.58. The Bertz CT molecular complexity index is 450. The van der Waals surface area contributed by atoms with Crippen LogP contribution in [0, 0.1) is 6.92 Å². The van der Waals surface area contributed by atoms with Crippen LogP contribution in [-0.2, 0) is 4.84 Å². The largest absolute Gasteiger partial charge is 0.426 e. The van der Waals surface area contributed by atoms with Crippen molar-refractivity contribution in [2.24, 2.45) is 0 Å². The Morgan fingerprint density at radius 1 is 1.45 bits per heavy atom. The molecule has 1 unspecified atom stereocenters. The Balaban J connectivity index is 2.06. The maximum atomic E-state index is 11.6. The monoisotopic (exact) mass is 278 g/mol. The number of amides is 1. The zero-order valence-corrected chi connectivity index (χ0v) is 11.8. The van der Waals surface area contributed by atoms with Crippen LogP contribution in [-0.4, -0.2) is 36.0 Å². The molecular formula is C15H22N2O3. The second-order valence-electron chi connectivity index (χ2n) is 5.04. The molecule has 5 nitrogen and oxygen atoms in total. The molecule has 2 N–H and O–H groups in total. The number of nitrogens with one attached hydrogen (secondary N) is 1. The van der Waals surface area contributed by atoms with Crippen molar-refractivity contribution in [3.63, 3.8) is 0 Å². The van der Waals surface area contributed by atoms with Crippen molar-refractivity contribution < 1.29 is 14.7 Å². The summed E-state index contributed by atoms with van der Waals surface area (Å²) in [6, 6.07) is 8.31. The van der Waals surface area contributed by atoms with Crippen LogP contribution in [0.3, 0.4) is 0 Å². The van der Waals surface area contributed by atoms with Crippen molar-refractivity contribution in [2.75, 3.05) is 19.7 Å². The van der Waals surface area contributed by atoms with E-state index in [-0.39, 0.29) is 19.2 Å². The van der Waals surface area contributed by atoms with Gasteiger partial charge in [-0.05, 0) is 30.9 Å². The van der Waals surface area contributed by atoms with Crippen LogP contribution in [0.5, 0.6) is 0 Å². The topological polar surface area (TPSA) is 61.8 Å². The van der Waals surface area contributed by atoms with Gasteiger partial charge in [0.2, 0.25) is 0 Å². The summed E-state index contributed by atoms with van der Waals surface area (Å²) in [5, 5.41) is 13.0. The second kappa shape index (κ2) is 7.26. The number of aliphatic hydroxyl groups excluding tert-OH is 1. The van der Waals surface area contributed by atoms with Crippen molar-refractivity contribution in [3.8, 4) is 0 Å². The summed E-state index contributed by atoms with van der Waals surface area (Å²) < 4.78 is 0. The minimum absolute atomic E-state index is 0.0870. The standard InChI is InChI=1S/C15H22N2O3/c1-12-6-2-3-7-13(12)14-8-4-5-10-17(14)20-15(19)16-9-11-18/h2-3,6-7,14,18H,4-5,8-11H2,1H3,(H,16,19). The first-order valence-corrected chi connectivity index (χ1v) is 7.11. The number of hydroxylamine groups is 2. The molecule has 1 fully saturated rings. The number of carbonyl (C=O) groups excluding carboxylic acids is 1. The van der Waals surface area contributed by atoms with E-state index < -0.39 is 6.09 Å². The first-order chi connectivity index (χ1) is 9.72. The Morgan fingerprint density at radius 2 is 2.25 bits per heavy atom. The minimum Gasteiger partial charge on any atom is -0.395 e. The van der Waals surface area contributed by atoms with E-state index in [1.54, 1.807) is 5.06 Å². The third-order valence-electron chi connectivity index (χ3n) is 3.58. The summed E-state index contributed by atoms with van der Waals surface area (Å²) in [5.41, 5.74) is 2.42. The maximum absolute atomic E-state index is 11.6. The quantitative estimate of drug-likeness (QED) is 0.886. The number of hydrogen-bond acceptors (Lipinski definition) is 4. The number of benzene rings is 1. The molecule has 1 aliphatic rings. The van der Waals surface area contributed by atoms with Gasteiger partial charge in [-0.3, -0.25) is 0 Å². The Hall–Kier alpha value is -1.59. The fourth-order valence-electron chi connectivity index (χ4n) is 2.58. The summed E-state index contributed by atoms with van der Waals surface area (Å²) in [4.78, 5) is 17.0. The van der Waals surface area contributed by atoms with Crippen LogP contribution in [0.2, 0.25) is 0 Å². The molecular weight excluding hydrogens is 256 g/mol. The van der Waals surface area contributed by atoms with E-state index in [4.69, 9.17) is 9.94 Å². The molecule has 0 spiro atoms. The maximum Gasteiger partial charge on any atom is 0.426 e. The van der Waals surface area contributed by atoms with E-state index >= 15 is 0 Å². The number of nitrogens with zero attached hydrogens (tertiary/aromatic N) is 1. The predicted octanol–water partition coefficient (Wildman–Crippen LogP) is 2.16. The lowest BCUT2D eigenvalue weighted by Crippen LogP contribution is -2.39. The van der Waals surface area contributed by atoms with E-state index in [0.717, 1.165) is 25.8 Å². The van der Waals surface area contributed by atoms with E-state index in [1.807, 2.05) is 12.1 Å². The van der Waals surface area contributed by atoms with Gasteiger partial charge in [-0.25, -0.2) is 4.79 Å². The number of hydrogen-bond donors (Lipinski definition) is 2. The molecule has 1 amide bonds. The molecule has 1 saturated heterocycles. The number of piperidine rings is 1. The summed E-state index contributed by atoms with van der Waals surface area (Å²) in [7, 11) is 0. The lowest BCUT2D eigenvalue weighted by molar-refractivity contribution is -0.147. The smallest absolute Gasteiger partial charge is 0.395 e. The highest BCUT2D eigenvalue weighted by Crippen LogP contribution is 2.32. The molecule has 0 bridgehead atoms. The van der Waals surface area contributed by atoms with E-state index in [0.29, 0.717) is 0 Å². The molecule has 1 atom stereocenters. The highest BCUT2D eigenvalue weighted by atomic mass is 16.7. The molecule has 1 aliphatic heterocycles. The van der Waals surface area contributed by atoms with Crippen LogP contribution < -0.4 is 5.32 Å². The van der Waals surface area contributed by atoms with Gasteiger partial charge in [0.15, 0.2) is 0 Å². The molecule has 110 valence electrons. The predicted molar refractivity (Wildman–Crippen MR) is 76.0 cm³/mol. The molecule has 1 aromatic carbocycles. The van der Waals surface area contributed by atoms with Crippen LogP contribution in [0.15, 0.2) is 24.3 Å². The van der Waals surface area contributed by atoms with Crippen molar-refractivity contribution in [1.82, 2.24) is 10.4 Å². The van der Waals surface area contributed by atoms with Gasteiger partial charge in [0.25, 0.3) is 0 Å². The lowest BCUT2D eigenvalue weighted by atomic mass is 9.94. The molecule has 1 aromatic rings. The van der Waals surface area contributed by atoms with Crippen molar-refractivity contribution >= 4 is 6.09 Å². The molecule has 0 radical (unpaired) electrons. The third-order valence-corrected chi connectivity index (χ3v) is 3.58. The Labute approximate surface area is 119 Å². The molecule has 20 heavy (non-hydrogen) atoms. The zero-order chi connectivity index (χ0) is 14.4. The number of aliphatic hydroxyl groups is 1. The number of carbonyl (C=O) groups is 1. The highest BCUT2D eigenvalue weighted by Gasteiger charge is 2.28. The molecule has 1 heterocycles. The average Bonchev–Trinajstić information content (AvgIpc) is 2.46. The van der Waals surface area contributed by atoms with Crippen LogP contribution in [0.25, 0.3) is 0 Å². The zero-order valence-electron chi connectivity index (χ0n) is 11.8. The van der Waals surface area contributed by atoms with E-state index in [2.05, 4.69) is 24.4 Å². The summed E-state index contributed by atoms with van der Waals surface area (Å²) in [5.74, 6) is 0. The van der Waals surface area contributed by atoms with Crippen LogP contribution >= 0.6 is 0 Å².